The van der Waals surface area contributed by atoms with E-state index in [0.717, 1.165) is 19.6 Å². The number of nitrogens with zero attached hydrogens (tertiary/aromatic N) is 4. The lowest BCUT2D eigenvalue weighted by atomic mass is 10.2. The van der Waals surface area contributed by atoms with Crippen molar-refractivity contribution in [3.8, 4) is 11.8 Å². The summed E-state index contributed by atoms with van der Waals surface area (Å²) in [5.41, 5.74) is 2.22. The Bertz CT molecular complexity index is 840. The molecule has 7 nitrogen and oxygen atoms in total. The number of benzene rings is 1. The lowest BCUT2D eigenvalue weighted by Gasteiger charge is -2.34. The highest BCUT2D eigenvalue weighted by atomic mass is 16.5. The van der Waals surface area contributed by atoms with Gasteiger partial charge in [0.2, 0.25) is 0 Å². The second-order valence-electron chi connectivity index (χ2n) is 7.04. The highest BCUT2D eigenvalue weighted by Crippen LogP contribution is 2.27. The summed E-state index contributed by atoms with van der Waals surface area (Å²) in [5, 5.41) is 12.1. The van der Waals surface area contributed by atoms with Crippen LogP contribution in [0.2, 0.25) is 0 Å². The number of carbonyl (C=O) groups is 1. The van der Waals surface area contributed by atoms with Gasteiger partial charge in [0.25, 0.3) is 0 Å². The van der Waals surface area contributed by atoms with E-state index in [1.807, 2.05) is 26.0 Å². The molecular formula is C21H25N5O2. The molecule has 1 aromatic heterocycles. The van der Waals surface area contributed by atoms with Crippen molar-refractivity contribution in [1.29, 1.82) is 5.26 Å². The van der Waals surface area contributed by atoms with Crippen LogP contribution in [0, 0.1) is 11.3 Å². The summed E-state index contributed by atoms with van der Waals surface area (Å²) < 4.78 is 5.76. The molecule has 3 rings (SSSR count). The molecule has 0 spiro atoms. The molecule has 2 heterocycles. The van der Waals surface area contributed by atoms with E-state index in [-0.39, 0.29) is 12.1 Å². The third-order valence-corrected chi connectivity index (χ3v) is 4.53. The minimum absolute atomic E-state index is 0.0275. The standard InChI is InChI=1S/C21H25N5O2/c1-16(2)28-20-4-3-18(14-22)13-19(20)24-21(27)26-11-9-25(10-12-26)15-17-5-7-23-8-6-17/h3-8,13,16H,9-12,15H2,1-2H3,(H,24,27). The van der Waals surface area contributed by atoms with Gasteiger partial charge in [-0.2, -0.15) is 5.26 Å². The number of anilines is 1. The van der Waals surface area contributed by atoms with E-state index < -0.39 is 0 Å². The average Bonchev–Trinajstić information content (AvgIpc) is 2.70. The van der Waals surface area contributed by atoms with Crippen LogP contribution in [0.3, 0.4) is 0 Å². The van der Waals surface area contributed by atoms with Crippen molar-refractivity contribution in [2.24, 2.45) is 0 Å². The highest BCUT2D eigenvalue weighted by molar-refractivity contribution is 5.91. The molecule has 1 aliphatic rings. The Morgan fingerprint density at radius 2 is 1.93 bits per heavy atom. The monoisotopic (exact) mass is 379 g/mol. The molecule has 0 unspecified atom stereocenters. The second kappa shape index (κ2) is 9.20. The SMILES string of the molecule is CC(C)Oc1ccc(C#N)cc1NC(=O)N1CCN(Cc2ccncc2)CC1. The van der Waals surface area contributed by atoms with Crippen LogP contribution in [0.15, 0.2) is 42.7 Å². The fourth-order valence-electron chi connectivity index (χ4n) is 3.10. The zero-order valence-corrected chi connectivity index (χ0v) is 16.3. The van der Waals surface area contributed by atoms with Gasteiger partial charge in [-0.3, -0.25) is 9.88 Å². The van der Waals surface area contributed by atoms with Crippen molar-refractivity contribution in [1.82, 2.24) is 14.8 Å². The van der Waals surface area contributed by atoms with Gasteiger partial charge >= 0.3 is 6.03 Å². The molecule has 146 valence electrons. The number of hydrogen-bond donors (Lipinski definition) is 1. The minimum Gasteiger partial charge on any atom is -0.489 e. The lowest BCUT2D eigenvalue weighted by molar-refractivity contribution is 0.143. The van der Waals surface area contributed by atoms with Crippen LogP contribution in [0.25, 0.3) is 0 Å². The molecule has 2 amide bonds. The first-order chi connectivity index (χ1) is 13.5. The van der Waals surface area contributed by atoms with Crippen molar-refractivity contribution >= 4 is 11.7 Å². The third-order valence-electron chi connectivity index (χ3n) is 4.53. The van der Waals surface area contributed by atoms with E-state index >= 15 is 0 Å². The number of ether oxygens (including phenoxy) is 1. The molecule has 0 saturated carbocycles. The largest absolute Gasteiger partial charge is 0.489 e. The topological polar surface area (TPSA) is 81.5 Å². The van der Waals surface area contributed by atoms with Crippen LogP contribution in [0.1, 0.15) is 25.0 Å². The van der Waals surface area contributed by atoms with Gasteiger partial charge in [0, 0.05) is 45.1 Å². The molecular weight excluding hydrogens is 354 g/mol. The quantitative estimate of drug-likeness (QED) is 0.863. The number of nitriles is 1. The van der Waals surface area contributed by atoms with Crippen molar-refractivity contribution in [3.05, 3.63) is 53.9 Å². The maximum atomic E-state index is 12.7. The third kappa shape index (κ3) is 5.21. The van der Waals surface area contributed by atoms with E-state index in [4.69, 9.17) is 10.00 Å². The Morgan fingerprint density at radius 3 is 2.57 bits per heavy atom. The summed E-state index contributed by atoms with van der Waals surface area (Å²) in [7, 11) is 0. The maximum Gasteiger partial charge on any atom is 0.322 e. The van der Waals surface area contributed by atoms with Gasteiger partial charge in [-0.25, -0.2) is 4.79 Å². The van der Waals surface area contributed by atoms with Gasteiger partial charge < -0.3 is 15.0 Å². The normalized spacial score (nSPS) is 14.6. The van der Waals surface area contributed by atoms with Crippen molar-refractivity contribution < 1.29 is 9.53 Å². The van der Waals surface area contributed by atoms with Crippen LogP contribution in [0.5, 0.6) is 5.75 Å². The minimum atomic E-state index is -0.174. The zero-order valence-electron chi connectivity index (χ0n) is 16.3. The lowest BCUT2D eigenvalue weighted by Crippen LogP contribution is -2.49. The van der Waals surface area contributed by atoms with E-state index in [1.54, 1.807) is 35.5 Å². The Morgan fingerprint density at radius 1 is 1.21 bits per heavy atom. The van der Waals surface area contributed by atoms with Crippen molar-refractivity contribution in [2.75, 3.05) is 31.5 Å². The van der Waals surface area contributed by atoms with Gasteiger partial charge in [-0.15, -0.1) is 0 Å². The Labute approximate surface area is 165 Å². The number of rotatable bonds is 5. The number of aromatic nitrogens is 1. The Kier molecular flexibility index (Phi) is 6.45. The molecule has 1 saturated heterocycles. The predicted molar refractivity (Wildman–Crippen MR) is 107 cm³/mol. The van der Waals surface area contributed by atoms with Crippen LogP contribution in [0.4, 0.5) is 10.5 Å². The molecule has 7 heteroatoms. The molecule has 1 N–H and O–H groups in total. The van der Waals surface area contributed by atoms with Gasteiger partial charge in [0.05, 0.1) is 23.4 Å². The molecule has 1 aliphatic heterocycles. The number of pyridine rings is 1. The van der Waals surface area contributed by atoms with E-state index in [0.29, 0.717) is 30.1 Å². The maximum absolute atomic E-state index is 12.7. The van der Waals surface area contributed by atoms with Gasteiger partial charge in [-0.05, 0) is 49.7 Å². The number of hydrogen-bond acceptors (Lipinski definition) is 5. The number of piperazine rings is 1. The van der Waals surface area contributed by atoms with Gasteiger partial charge in [0.15, 0.2) is 0 Å². The summed E-state index contributed by atoms with van der Waals surface area (Å²) in [6.45, 7) is 7.61. The summed E-state index contributed by atoms with van der Waals surface area (Å²) in [4.78, 5) is 20.9. The fraction of sp³-hybridized carbons (Fsp3) is 0.381. The molecule has 0 aliphatic carbocycles. The smallest absolute Gasteiger partial charge is 0.322 e. The van der Waals surface area contributed by atoms with Crippen LogP contribution < -0.4 is 10.1 Å². The molecule has 28 heavy (non-hydrogen) atoms. The highest BCUT2D eigenvalue weighted by Gasteiger charge is 2.22. The molecule has 2 aromatic rings. The van der Waals surface area contributed by atoms with Crippen LogP contribution >= 0.6 is 0 Å². The molecule has 1 aromatic carbocycles. The predicted octanol–water partition coefficient (Wildman–Crippen LogP) is 3.09. The van der Waals surface area contributed by atoms with Gasteiger partial charge in [0.1, 0.15) is 5.75 Å². The number of urea groups is 1. The number of carbonyl (C=O) groups excluding carboxylic acids is 1. The van der Waals surface area contributed by atoms with Crippen molar-refractivity contribution in [2.45, 2.75) is 26.5 Å². The van der Waals surface area contributed by atoms with E-state index in [2.05, 4.69) is 21.3 Å². The average molecular weight is 379 g/mol. The number of amides is 2. The van der Waals surface area contributed by atoms with E-state index in [9.17, 15) is 4.79 Å². The first kappa shape index (κ1) is 19.6. The fourth-order valence-corrected chi connectivity index (χ4v) is 3.10. The number of nitrogens with one attached hydrogen (secondary N) is 1. The molecule has 0 radical (unpaired) electrons. The Hall–Kier alpha value is -3.11. The van der Waals surface area contributed by atoms with E-state index in [1.165, 1.54) is 5.56 Å². The summed E-state index contributed by atoms with van der Waals surface area (Å²) >= 11 is 0. The van der Waals surface area contributed by atoms with Crippen LogP contribution in [-0.2, 0) is 6.54 Å². The Balaban J connectivity index is 1.59. The van der Waals surface area contributed by atoms with Gasteiger partial charge in [-0.1, -0.05) is 0 Å². The first-order valence-electron chi connectivity index (χ1n) is 9.43. The summed E-state index contributed by atoms with van der Waals surface area (Å²) in [6, 6.07) is 11.0. The summed E-state index contributed by atoms with van der Waals surface area (Å²) in [5.74, 6) is 0.568. The second-order valence-corrected chi connectivity index (χ2v) is 7.04. The summed E-state index contributed by atoms with van der Waals surface area (Å²) in [6.07, 6.45) is 3.57. The van der Waals surface area contributed by atoms with Crippen LogP contribution in [-0.4, -0.2) is 53.1 Å². The van der Waals surface area contributed by atoms with Crippen molar-refractivity contribution in [3.63, 3.8) is 0 Å². The molecule has 0 atom stereocenters. The molecule has 1 fully saturated rings. The first-order valence-corrected chi connectivity index (χ1v) is 9.43. The molecule has 0 bridgehead atoms. The zero-order chi connectivity index (χ0) is 19.9.